The van der Waals surface area contributed by atoms with Crippen LogP contribution in [0.4, 0.5) is 21.9 Å². The highest BCUT2D eigenvalue weighted by atomic mass is 35.5. The van der Waals surface area contributed by atoms with Gasteiger partial charge in [-0.25, -0.2) is 10.2 Å². The van der Waals surface area contributed by atoms with Gasteiger partial charge < -0.3 is 5.32 Å². The number of benzene rings is 3. The fourth-order valence-electron chi connectivity index (χ4n) is 2.25. The van der Waals surface area contributed by atoms with Gasteiger partial charge in [0.05, 0.1) is 22.1 Å². The number of urea groups is 1. The van der Waals surface area contributed by atoms with Crippen molar-refractivity contribution in [1.82, 2.24) is 5.43 Å². The fourth-order valence-corrected chi connectivity index (χ4v) is 2.43. The first-order valence-electron chi connectivity index (χ1n) is 7.46. The first-order chi connectivity index (χ1) is 11.7. The van der Waals surface area contributed by atoms with Crippen LogP contribution in [-0.4, -0.2) is 6.03 Å². The number of hydrogen-bond acceptors (Lipinski definition) is 2. The van der Waals surface area contributed by atoms with Crippen LogP contribution in [0, 0.1) is 0 Å². The van der Waals surface area contributed by atoms with Crippen LogP contribution in [0.15, 0.2) is 84.9 Å². The molecule has 0 aromatic heterocycles. The quantitative estimate of drug-likeness (QED) is 0.641. The Morgan fingerprint density at radius 1 is 0.750 bits per heavy atom. The minimum Gasteiger partial charge on any atom is -0.305 e. The van der Waals surface area contributed by atoms with E-state index in [1.807, 2.05) is 72.8 Å². The third-order valence-electron chi connectivity index (χ3n) is 3.36. The van der Waals surface area contributed by atoms with Crippen molar-refractivity contribution in [2.45, 2.75) is 0 Å². The molecule has 0 spiro atoms. The first kappa shape index (κ1) is 15.9. The van der Waals surface area contributed by atoms with Crippen LogP contribution in [0.25, 0.3) is 0 Å². The predicted octanol–water partition coefficient (Wildman–Crippen LogP) is 5.21. The average molecular weight is 338 g/mol. The number of amides is 2. The highest BCUT2D eigenvalue weighted by Crippen LogP contribution is 2.23. The van der Waals surface area contributed by atoms with E-state index in [0.717, 1.165) is 11.4 Å². The smallest absolute Gasteiger partial charge is 0.305 e. The van der Waals surface area contributed by atoms with Gasteiger partial charge in [-0.15, -0.1) is 0 Å². The van der Waals surface area contributed by atoms with Gasteiger partial charge in [0.15, 0.2) is 0 Å². The molecule has 0 aliphatic rings. The molecule has 0 saturated heterocycles. The van der Waals surface area contributed by atoms with Crippen molar-refractivity contribution < 1.29 is 4.79 Å². The second-order valence-corrected chi connectivity index (χ2v) is 5.46. The van der Waals surface area contributed by atoms with Crippen LogP contribution in [0.5, 0.6) is 0 Å². The molecular formula is C19H16ClN3O. The van der Waals surface area contributed by atoms with Crippen molar-refractivity contribution in [2.75, 3.05) is 10.3 Å². The predicted molar refractivity (Wildman–Crippen MR) is 98.6 cm³/mol. The van der Waals surface area contributed by atoms with Crippen LogP contribution in [0.3, 0.4) is 0 Å². The molecule has 24 heavy (non-hydrogen) atoms. The summed E-state index contributed by atoms with van der Waals surface area (Å²) in [5, 5.41) is 4.96. The third-order valence-corrected chi connectivity index (χ3v) is 3.69. The van der Waals surface area contributed by atoms with Gasteiger partial charge in [-0.05, 0) is 36.4 Å². The van der Waals surface area contributed by atoms with Crippen molar-refractivity contribution in [2.24, 2.45) is 0 Å². The molecule has 0 aliphatic heterocycles. The lowest BCUT2D eigenvalue weighted by Crippen LogP contribution is -2.41. The summed E-state index contributed by atoms with van der Waals surface area (Å²) in [6.45, 7) is 0. The third kappa shape index (κ3) is 3.86. The molecule has 0 fully saturated rings. The van der Waals surface area contributed by atoms with E-state index in [9.17, 15) is 4.79 Å². The SMILES string of the molecule is O=C(Nc1ccccc1Cl)NN(c1ccccc1)c1ccccc1. The van der Waals surface area contributed by atoms with Crippen molar-refractivity contribution in [3.63, 3.8) is 0 Å². The molecule has 2 amide bonds. The molecule has 0 radical (unpaired) electrons. The molecule has 5 heteroatoms. The fraction of sp³-hybridized carbons (Fsp3) is 0. The Bertz CT molecular complexity index is 770. The number of hydrazine groups is 1. The summed E-state index contributed by atoms with van der Waals surface area (Å²) in [5.41, 5.74) is 5.09. The lowest BCUT2D eigenvalue weighted by atomic mass is 10.2. The molecule has 0 bridgehead atoms. The number of rotatable bonds is 4. The van der Waals surface area contributed by atoms with Crippen molar-refractivity contribution in [1.29, 1.82) is 0 Å². The molecule has 0 aliphatic carbocycles. The van der Waals surface area contributed by atoms with Gasteiger partial charge in [-0.1, -0.05) is 60.1 Å². The lowest BCUT2D eigenvalue weighted by Gasteiger charge is -2.25. The highest BCUT2D eigenvalue weighted by molar-refractivity contribution is 6.33. The molecule has 3 aromatic carbocycles. The summed E-state index contributed by atoms with van der Waals surface area (Å²) in [7, 11) is 0. The molecule has 3 rings (SSSR count). The van der Waals surface area contributed by atoms with Crippen molar-refractivity contribution in [3.05, 3.63) is 90.0 Å². The first-order valence-corrected chi connectivity index (χ1v) is 7.84. The number of hydrogen-bond donors (Lipinski definition) is 2. The summed E-state index contributed by atoms with van der Waals surface area (Å²) < 4.78 is 0. The molecular weight excluding hydrogens is 322 g/mol. The number of nitrogens with zero attached hydrogens (tertiary/aromatic N) is 1. The van der Waals surface area contributed by atoms with Gasteiger partial charge in [0, 0.05) is 0 Å². The summed E-state index contributed by atoms with van der Waals surface area (Å²) in [6.07, 6.45) is 0. The van der Waals surface area contributed by atoms with Gasteiger partial charge in [-0.2, -0.15) is 0 Å². The second-order valence-electron chi connectivity index (χ2n) is 5.05. The Kier molecular flexibility index (Phi) is 4.99. The van der Waals surface area contributed by atoms with E-state index in [-0.39, 0.29) is 6.03 Å². The average Bonchev–Trinajstić information content (AvgIpc) is 2.63. The van der Waals surface area contributed by atoms with E-state index in [1.54, 1.807) is 17.1 Å². The number of halogens is 1. The minimum absolute atomic E-state index is 0.379. The number of carbonyl (C=O) groups is 1. The van der Waals surface area contributed by atoms with Crippen LogP contribution in [-0.2, 0) is 0 Å². The maximum atomic E-state index is 12.4. The maximum absolute atomic E-state index is 12.4. The van der Waals surface area contributed by atoms with E-state index in [2.05, 4.69) is 10.7 Å². The summed E-state index contributed by atoms with van der Waals surface area (Å²) in [6, 6.07) is 25.9. The standard InChI is InChI=1S/C19H16ClN3O/c20-17-13-7-8-14-18(17)21-19(24)22-23(15-9-3-1-4-10-15)16-11-5-2-6-12-16/h1-14H,(H2,21,22,24). The molecule has 0 atom stereocenters. The summed E-state index contributed by atoms with van der Waals surface area (Å²) in [4.78, 5) is 12.4. The van der Waals surface area contributed by atoms with Crippen LogP contribution < -0.4 is 15.8 Å². The maximum Gasteiger partial charge on any atom is 0.338 e. The zero-order valence-corrected chi connectivity index (χ0v) is 13.6. The zero-order chi connectivity index (χ0) is 16.8. The van der Waals surface area contributed by atoms with Gasteiger partial charge >= 0.3 is 6.03 Å². The molecule has 4 nitrogen and oxygen atoms in total. The Hall–Kier alpha value is -2.98. The monoisotopic (exact) mass is 337 g/mol. The van der Waals surface area contributed by atoms with E-state index in [4.69, 9.17) is 11.6 Å². The van der Waals surface area contributed by atoms with Crippen molar-refractivity contribution in [3.8, 4) is 0 Å². The summed E-state index contributed by atoms with van der Waals surface area (Å²) >= 11 is 6.08. The Balaban J connectivity index is 1.82. The van der Waals surface area contributed by atoms with Gasteiger partial charge in [0.2, 0.25) is 0 Å². The lowest BCUT2D eigenvalue weighted by molar-refractivity contribution is 0.252. The van der Waals surface area contributed by atoms with Crippen molar-refractivity contribution >= 4 is 34.7 Å². The molecule has 120 valence electrons. The van der Waals surface area contributed by atoms with Crippen LogP contribution in [0.2, 0.25) is 5.02 Å². The highest BCUT2D eigenvalue weighted by Gasteiger charge is 2.13. The minimum atomic E-state index is -0.379. The Morgan fingerprint density at radius 3 is 1.79 bits per heavy atom. The molecule has 3 aromatic rings. The molecule has 0 unspecified atom stereocenters. The Morgan fingerprint density at radius 2 is 1.25 bits per heavy atom. The normalized spacial score (nSPS) is 10.0. The largest absolute Gasteiger partial charge is 0.338 e. The van der Waals surface area contributed by atoms with Gasteiger partial charge in [-0.3, -0.25) is 5.01 Å². The number of para-hydroxylation sites is 3. The Labute approximate surface area is 145 Å². The van der Waals surface area contributed by atoms with Crippen LogP contribution in [0.1, 0.15) is 0 Å². The van der Waals surface area contributed by atoms with E-state index >= 15 is 0 Å². The topological polar surface area (TPSA) is 44.4 Å². The van der Waals surface area contributed by atoms with Gasteiger partial charge in [0.1, 0.15) is 0 Å². The molecule has 0 saturated carbocycles. The molecule has 2 N–H and O–H groups in total. The number of nitrogens with one attached hydrogen (secondary N) is 2. The van der Waals surface area contributed by atoms with E-state index < -0.39 is 0 Å². The van der Waals surface area contributed by atoms with E-state index in [0.29, 0.717) is 10.7 Å². The molecule has 0 heterocycles. The number of carbonyl (C=O) groups excluding carboxylic acids is 1. The van der Waals surface area contributed by atoms with E-state index in [1.165, 1.54) is 0 Å². The number of anilines is 3. The van der Waals surface area contributed by atoms with Gasteiger partial charge in [0.25, 0.3) is 0 Å². The summed E-state index contributed by atoms with van der Waals surface area (Å²) in [5.74, 6) is 0. The zero-order valence-electron chi connectivity index (χ0n) is 12.8. The second kappa shape index (κ2) is 7.53. The van der Waals surface area contributed by atoms with Crippen LogP contribution >= 0.6 is 11.6 Å².